The SMILES string of the molecule is Cn1cc(Cl)c(C(=O)N2CCNCC2)n1. The molecule has 1 aliphatic heterocycles. The minimum absolute atomic E-state index is 0.0814. The molecule has 6 heteroatoms. The molecule has 1 aliphatic rings. The molecule has 0 atom stereocenters. The van der Waals surface area contributed by atoms with Gasteiger partial charge in [-0.15, -0.1) is 0 Å². The van der Waals surface area contributed by atoms with E-state index in [0.717, 1.165) is 13.1 Å². The van der Waals surface area contributed by atoms with Gasteiger partial charge in [-0.1, -0.05) is 11.6 Å². The van der Waals surface area contributed by atoms with Crippen molar-refractivity contribution in [3.63, 3.8) is 0 Å². The quantitative estimate of drug-likeness (QED) is 0.743. The Balaban J connectivity index is 2.16. The Labute approximate surface area is 93.0 Å². The van der Waals surface area contributed by atoms with Crippen LogP contribution in [0.4, 0.5) is 0 Å². The van der Waals surface area contributed by atoms with Crippen LogP contribution in [0.2, 0.25) is 5.02 Å². The molecule has 0 saturated carbocycles. The van der Waals surface area contributed by atoms with E-state index in [1.165, 1.54) is 0 Å². The van der Waals surface area contributed by atoms with Gasteiger partial charge in [0.2, 0.25) is 0 Å². The predicted octanol–water partition coefficient (Wildman–Crippen LogP) is 0.119. The first kappa shape index (κ1) is 10.4. The number of hydrogen-bond acceptors (Lipinski definition) is 3. The fraction of sp³-hybridized carbons (Fsp3) is 0.556. The third-order valence-corrected chi connectivity index (χ3v) is 2.67. The Bertz CT molecular complexity index is 370. The molecule has 15 heavy (non-hydrogen) atoms. The van der Waals surface area contributed by atoms with Crippen LogP contribution < -0.4 is 5.32 Å². The molecular formula is C9H13ClN4O. The lowest BCUT2D eigenvalue weighted by Crippen LogP contribution is -2.46. The summed E-state index contributed by atoms with van der Waals surface area (Å²) in [6.07, 6.45) is 1.64. The highest BCUT2D eigenvalue weighted by molar-refractivity contribution is 6.33. The molecule has 2 heterocycles. The second kappa shape index (κ2) is 4.20. The zero-order valence-electron chi connectivity index (χ0n) is 8.53. The number of aromatic nitrogens is 2. The number of amides is 1. The first-order valence-electron chi connectivity index (χ1n) is 4.87. The number of hydrogen-bond donors (Lipinski definition) is 1. The first-order valence-corrected chi connectivity index (χ1v) is 5.25. The van der Waals surface area contributed by atoms with E-state index in [1.54, 1.807) is 22.8 Å². The van der Waals surface area contributed by atoms with Crippen LogP contribution in [-0.4, -0.2) is 46.8 Å². The topological polar surface area (TPSA) is 50.2 Å². The number of nitrogens with one attached hydrogen (secondary N) is 1. The van der Waals surface area contributed by atoms with E-state index in [9.17, 15) is 4.79 Å². The first-order chi connectivity index (χ1) is 7.18. The van der Waals surface area contributed by atoms with Crippen LogP contribution in [0.5, 0.6) is 0 Å². The average Bonchev–Trinajstić information content (AvgIpc) is 2.58. The maximum absolute atomic E-state index is 12.0. The lowest BCUT2D eigenvalue weighted by molar-refractivity contribution is 0.0729. The van der Waals surface area contributed by atoms with E-state index in [4.69, 9.17) is 11.6 Å². The Morgan fingerprint density at radius 1 is 1.53 bits per heavy atom. The smallest absolute Gasteiger partial charge is 0.276 e. The second-order valence-electron chi connectivity index (χ2n) is 3.54. The number of rotatable bonds is 1. The van der Waals surface area contributed by atoms with Gasteiger partial charge in [-0.05, 0) is 0 Å². The van der Waals surface area contributed by atoms with E-state index in [2.05, 4.69) is 10.4 Å². The fourth-order valence-corrected chi connectivity index (χ4v) is 1.88. The zero-order chi connectivity index (χ0) is 10.8. The number of piperazine rings is 1. The van der Waals surface area contributed by atoms with Crippen molar-refractivity contribution in [1.82, 2.24) is 20.0 Å². The van der Waals surface area contributed by atoms with E-state index < -0.39 is 0 Å². The van der Waals surface area contributed by atoms with E-state index in [1.807, 2.05) is 0 Å². The Kier molecular flexibility index (Phi) is 2.93. The summed E-state index contributed by atoms with van der Waals surface area (Å²) in [5.41, 5.74) is 0.348. The highest BCUT2D eigenvalue weighted by atomic mass is 35.5. The molecular weight excluding hydrogens is 216 g/mol. The molecule has 0 radical (unpaired) electrons. The second-order valence-corrected chi connectivity index (χ2v) is 3.95. The maximum atomic E-state index is 12.0. The summed E-state index contributed by atoms with van der Waals surface area (Å²) in [6.45, 7) is 3.09. The molecule has 0 bridgehead atoms. The molecule has 5 nitrogen and oxygen atoms in total. The van der Waals surface area contributed by atoms with E-state index >= 15 is 0 Å². The Morgan fingerprint density at radius 2 is 2.20 bits per heavy atom. The van der Waals surface area contributed by atoms with Crippen LogP contribution in [0.15, 0.2) is 6.20 Å². The molecule has 0 unspecified atom stereocenters. The summed E-state index contributed by atoms with van der Waals surface area (Å²) in [5, 5.41) is 7.66. The molecule has 1 fully saturated rings. The van der Waals surface area contributed by atoms with Gasteiger partial charge in [-0.3, -0.25) is 9.48 Å². The van der Waals surface area contributed by atoms with Crippen molar-refractivity contribution in [3.8, 4) is 0 Å². The van der Waals surface area contributed by atoms with Crippen LogP contribution in [0, 0.1) is 0 Å². The van der Waals surface area contributed by atoms with Crippen LogP contribution in [-0.2, 0) is 7.05 Å². The van der Waals surface area contributed by atoms with Gasteiger partial charge >= 0.3 is 0 Å². The normalized spacial score (nSPS) is 16.8. The van der Waals surface area contributed by atoms with Gasteiger partial charge in [0.05, 0.1) is 5.02 Å². The summed E-state index contributed by atoms with van der Waals surface area (Å²) in [6, 6.07) is 0. The van der Waals surface area contributed by atoms with Crippen molar-refractivity contribution in [3.05, 3.63) is 16.9 Å². The zero-order valence-corrected chi connectivity index (χ0v) is 9.29. The van der Waals surface area contributed by atoms with Crippen LogP contribution >= 0.6 is 11.6 Å². The van der Waals surface area contributed by atoms with E-state index in [0.29, 0.717) is 23.8 Å². The average molecular weight is 229 g/mol. The van der Waals surface area contributed by atoms with Crippen molar-refractivity contribution in [2.75, 3.05) is 26.2 Å². The third kappa shape index (κ3) is 2.13. The fourth-order valence-electron chi connectivity index (χ4n) is 1.62. The standard InChI is InChI=1S/C9H13ClN4O/c1-13-6-7(10)8(12-13)9(15)14-4-2-11-3-5-14/h6,11H,2-5H2,1H3. The summed E-state index contributed by atoms with van der Waals surface area (Å²) < 4.78 is 1.55. The van der Waals surface area contributed by atoms with Gasteiger partial charge < -0.3 is 10.2 Å². The maximum Gasteiger partial charge on any atom is 0.276 e. The molecule has 2 rings (SSSR count). The molecule has 1 N–H and O–H groups in total. The van der Waals surface area contributed by atoms with Crippen molar-refractivity contribution < 1.29 is 4.79 Å². The molecule has 0 spiro atoms. The largest absolute Gasteiger partial charge is 0.335 e. The summed E-state index contributed by atoms with van der Waals surface area (Å²) in [7, 11) is 1.75. The highest BCUT2D eigenvalue weighted by Crippen LogP contribution is 2.15. The molecule has 1 saturated heterocycles. The molecule has 82 valence electrons. The van der Waals surface area contributed by atoms with Gasteiger partial charge in [0.25, 0.3) is 5.91 Å². The third-order valence-electron chi connectivity index (χ3n) is 2.39. The van der Waals surface area contributed by atoms with Gasteiger partial charge in [-0.2, -0.15) is 5.10 Å². The molecule has 1 amide bonds. The minimum Gasteiger partial charge on any atom is -0.335 e. The van der Waals surface area contributed by atoms with Crippen LogP contribution in [0.1, 0.15) is 10.5 Å². The number of carbonyl (C=O) groups excluding carboxylic acids is 1. The molecule has 0 aliphatic carbocycles. The van der Waals surface area contributed by atoms with Crippen molar-refractivity contribution in [2.24, 2.45) is 7.05 Å². The Morgan fingerprint density at radius 3 is 2.73 bits per heavy atom. The summed E-state index contributed by atoms with van der Waals surface area (Å²) in [5.74, 6) is -0.0814. The van der Waals surface area contributed by atoms with Gasteiger partial charge in [-0.25, -0.2) is 0 Å². The van der Waals surface area contributed by atoms with E-state index in [-0.39, 0.29) is 5.91 Å². The number of carbonyl (C=O) groups is 1. The van der Waals surface area contributed by atoms with Gasteiger partial charge in [0, 0.05) is 39.4 Å². The van der Waals surface area contributed by atoms with Crippen molar-refractivity contribution in [1.29, 1.82) is 0 Å². The lowest BCUT2D eigenvalue weighted by atomic mass is 10.3. The molecule has 0 aromatic carbocycles. The highest BCUT2D eigenvalue weighted by Gasteiger charge is 2.22. The minimum atomic E-state index is -0.0814. The van der Waals surface area contributed by atoms with Gasteiger partial charge in [0.15, 0.2) is 5.69 Å². The molecule has 1 aromatic heterocycles. The van der Waals surface area contributed by atoms with Gasteiger partial charge in [0.1, 0.15) is 0 Å². The molecule has 1 aromatic rings. The number of nitrogens with zero attached hydrogens (tertiary/aromatic N) is 3. The Hall–Kier alpha value is -1.07. The summed E-state index contributed by atoms with van der Waals surface area (Å²) >= 11 is 5.91. The van der Waals surface area contributed by atoms with Crippen LogP contribution in [0.25, 0.3) is 0 Å². The van der Waals surface area contributed by atoms with Crippen molar-refractivity contribution in [2.45, 2.75) is 0 Å². The number of halogens is 1. The van der Waals surface area contributed by atoms with Crippen LogP contribution in [0.3, 0.4) is 0 Å². The van der Waals surface area contributed by atoms with Crippen molar-refractivity contribution >= 4 is 17.5 Å². The predicted molar refractivity (Wildman–Crippen MR) is 57.0 cm³/mol. The lowest BCUT2D eigenvalue weighted by Gasteiger charge is -2.26. The summed E-state index contributed by atoms with van der Waals surface area (Å²) in [4.78, 5) is 13.7. The number of aryl methyl sites for hydroxylation is 1. The monoisotopic (exact) mass is 228 g/mol.